The smallest absolute Gasteiger partial charge is 0.259 e. The molecule has 1 amide bonds. The first-order valence-corrected chi connectivity index (χ1v) is 5.93. The maximum atomic E-state index is 12.0. The minimum Gasteiger partial charge on any atom is -0.322 e. The van der Waals surface area contributed by atoms with E-state index in [0.717, 1.165) is 15.9 Å². The van der Waals surface area contributed by atoms with E-state index in [1.165, 1.54) is 0 Å². The number of benzene rings is 1. The predicted molar refractivity (Wildman–Crippen MR) is 70.0 cm³/mol. The van der Waals surface area contributed by atoms with Crippen LogP contribution in [0.4, 0.5) is 5.69 Å². The molecule has 1 heterocycles. The third-order valence-electron chi connectivity index (χ3n) is 2.34. The summed E-state index contributed by atoms with van der Waals surface area (Å²) in [6.45, 7) is 1.82. The zero-order valence-electron chi connectivity index (χ0n) is 9.57. The van der Waals surface area contributed by atoms with E-state index in [9.17, 15) is 4.79 Å². The molecule has 5 heteroatoms. The van der Waals surface area contributed by atoms with Crippen molar-refractivity contribution in [1.29, 1.82) is 0 Å². The number of hydrogen-bond donors (Lipinski definition) is 1. The van der Waals surface area contributed by atoms with Crippen molar-refractivity contribution in [1.82, 2.24) is 9.78 Å². The van der Waals surface area contributed by atoms with E-state index in [1.54, 1.807) is 17.9 Å². The van der Waals surface area contributed by atoms with Crippen molar-refractivity contribution in [2.45, 2.75) is 6.92 Å². The number of carbonyl (C=O) groups is 1. The summed E-state index contributed by atoms with van der Waals surface area (Å²) in [4.78, 5) is 12.0. The van der Waals surface area contributed by atoms with E-state index in [0.29, 0.717) is 5.56 Å². The molecule has 4 nitrogen and oxygen atoms in total. The van der Waals surface area contributed by atoms with E-state index in [2.05, 4.69) is 26.3 Å². The van der Waals surface area contributed by atoms with Crippen LogP contribution in [0.3, 0.4) is 0 Å². The molecule has 1 aromatic carbocycles. The van der Waals surface area contributed by atoms with Gasteiger partial charge in [-0.3, -0.25) is 9.48 Å². The molecule has 0 fully saturated rings. The largest absolute Gasteiger partial charge is 0.322 e. The van der Waals surface area contributed by atoms with Crippen molar-refractivity contribution in [3.63, 3.8) is 0 Å². The fraction of sp³-hybridized carbons (Fsp3) is 0.167. The van der Waals surface area contributed by atoms with Gasteiger partial charge in [0.1, 0.15) is 0 Å². The molecule has 0 aliphatic rings. The van der Waals surface area contributed by atoms with E-state index < -0.39 is 0 Å². The van der Waals surface area contributed by atoms with Gasteiger partial charge in [-0.2, -0.15) is 5.10 Å². The number of anilines is 1. The fourth-order valence-corrected chi connectivity index (χ4v) is 1.99. The Morgan fingerprint density at radius 3 is 2.82 bits per heavy atom. The highest BCUT2D eigenvalue weighted by molar-refractivity contribution is 9.10. The Kier molecular flexibility index (Phi) is 3.28. The van der Waals surface area contributed by atoms with E-state index in [-0.39, 0.29) is 5.91 Å². The molecule has 0 bridgehead atoms. The highest BCUT2D eigenvalue weighted by atomic mass is 79.9. The molecule has 1 N–H and O–H groups in total. The van der Waals surface area contributed by atoms with Gasteiger partial charge < -0.3 is 5.32 Å². The molecule has 17 heavy (non-hydrogen) atoms. The van der Waals surface area contributed by atoms with Gasteiger partial charge in [-0.25, -0.2) is 0 Å². The molecule has 0 radical (unpaired) electrons. The van der Waals surface area contributed by atoms with Crippen LogP contribution in [0.1, 0.15) is 16.1 Å². The topological polar surface area (TPSA) is 46.9 Å². The minimum absolute atomic E-state index is 0.145. The van der Waals surface area contributed by atoms with Gasteiger partial charge in [-0.1, -0.05) is 22.0 Å². The first kappa shape index (κ1) is 11.9. The zero-order valence-corrected chi connectivity index (χ0v) is 11.2. The van der Waals surface area contributed by atoms with Crippen molar-refractivity contribution in [2.75, 3.05) is 5.32 Å². The molecule has 0 saturated heterocycles. The molecule has 0 aliphatic carbocycles. The second kappa shape index (κ2) is 4.71. The number of nitrogens with one attached hydrogen (secondary N) is 1. The lowest BCUT2D eigenvalue weighted by Gasteiger charge is -2.04. The Morgan fingerprint density at radius 1 is 1.47 bits per heavy atom. The highest BCUT2D eigenvalue weighted by Gasteiger charge is 2.12. The van der Waals surface area contributed by atoms with Gasteiger partial charge in [-0.05, 0) is 25.1 Å². The lowest BCUT2D eigenvalue weighted by atomic mass is 10.2. The van der Waals surface area contributed by atoms with E-state index in [4.69, 9.17) is 0 Å². The fourth-order valence-electron chi connectivity index (χ4n) is 1.59. The van der Waals surface area contributed by atoms with Crippen LogP contribution in [0.15, 0.2) is 34.9 Å². The van der Waals surface area contributed by atoms with E-state index in [1.807, 2.05) is 31.2 Å². The van der Waals surface area contributed by atoms with Crippen LogP contribution in [0.2, 0.25) is 0 Å². The molecular weight excluding hydrogens is 282 g/mol. The molecule has 0 unspecified atom stereocenters. The predicted octanol–water partition coefficient (Wildman–Crippen LogP) is 2.74. The third kappa shape index (κ3) is 2.74. The van der Waals surface area contributed by atoms with Crippen molar-refractivity contribution < 1.29 is 4.79 Å². The van der Waals surface area contributed by atoms with Gasteiger partial charge in [-0.15, -0.1) is 0 Å². The lowest BCUT2D eigenvalue weighted by Crippen LogP contribution is -2.12. The molecule has 0 saturated carbocycles. The van der Waals surface area contributed by atoms with Gasteiger partial charge >= 0.3 is 0 Å². The van der Waals surface area contributed by atoms with Crippen LogP contribution in [0.5, 0.6) is 0 Å². The number of rotatable bonds is 2. The van der Waals surface area contributed by atoms with Crippen LogP contribution in [0.25, 0.3) is 0 Å². The quantitative estimate of drug-likeness (QED) is 0.925. The van der Waals surface area contributed by atoms with Crippen molar-refractivity contribution in [3.8, 4) is 0 Å². The molecule has 0 aliphatic heterocycles. The van der Waals surface area contributed by atoms with Crippen LogP contribution in [0, 0.1) is 6.92 Å². The van der Waals surface area contributed by atoms with Crippen LogP contribution < -0.4 is 5.32 Å². The van der Waals surface area contributed by atoms with Gasteiger partial charge in [0, 0.05) is 23.4 Å². The second-order valence-corrected chi connectivity index (χ2v) is 4.68. The van der Waals surface area contributed by atoms with E-state index >= 15 is 0 Å². The molecule has 1 aromatic heterocycles. The highest BCUT2D eigenvalue weighted by Crippen LogP contribution is 2.17. The van der Waals surface area contributed by atoms with Crippen LogP contribution in [-0.2, 0) is 7.05 Å². The zero-order chi connectivity index (χ0) is 12.4. The number of hydrogen-bond acceptors (Lipinski definition) is 2. The Balaban J connectivity index is 2.20. The molecular formula is C12H12BrN3O. The van der Waals surface area contributed by atoms with Crippen molar-refractivity contribution in [3.05, 3.63) is 46.2 Å². The number of amides is 1. The van der Waals surface area contributed by atoms with Crippen molar-refractivity contribution >= 4 is 27.5 Å². The number of aromatic nitrogens is 2. The van der Waals surface area contributed by atoms with Gasteiger partial charge in [0.05, 0.1) is 11.3 Å². The Hall–Kier alpha value is -1.62. The summed E-state index contributed by atoms with van der Waals surface area (Å²) in [7, 11) is 1.79. The van der Waals surface area contributed by atoms with Crippen molar-refractivity contribution in [2.24, 2.45) is 7.05 Å². The summed E-state index contributed by atoms with van der Waals surface area (Å²) in [5, 5.41) is 6.97. The molecule has 2 aromatic rings. The van der Waals surface area contributed by atoms with Gasteiger partial charge in [0.2, 0.25) is 0 Å². The Morgan fingerprint density at radius 2 is 2.24 bits per heavy atom. The van der Waals surface area contributed by atoms with Crippen LogP contribution in [-0.4, -0.2) is 15.7 Å². The lowest BCUT2D eigenvalue weighted by molar-refractivity contribution is 0.102. The maximum absolute atomic E-state index is 12.0. The summed E-state index contributed by atoms with van der Waals surface area (Å²) < 4.78 is 2.56. The maximum Gasteiger partial charge on any atom is 0.259 e. The average Bonchev–Trinajstić information content (AvgIpc) is 2.58. The number of halogens is 1. The first-order chi connectivity index (χ1) is 8.06. The first-order valence-electron chi connectivity index (χ1n) is 5.13. The Bertz CT molecular complexity index is 563. The second-order valence-electron chi connectivity index (χ2n) is 3.77. The molecule has 0 atom stereocenters. The summed E-state index contributed by atoms with van der Waals surface area (Å²) in [6.07, 6.45) is 1.71. The summed E-state index contributed by atoms with van der Waals surface area (Å²) in [5.41, 5.74) is 2.07. The average molecular weight is 294 g/mol. The number of nitrogens with zero attached hydrogens (tertiary/aromatic N) is 2. The molecule has 2 rings (SSSR count). The monoisotopic (exact) mass is 293 g/mol. The normalized spacial score (nSPS) is 10.3. The molecule has 88 valence electrons. The van der Waals surface area contributed by atoms with Gasteiger partial charge in [0.15, 0.2) is 0 Å². The molecule has 0 spiro atoms. The number of carbonyl (C=O) groups excluding carboxylic acids is 1. The minimum atomic E-state index is -0.145. The summed E-state index contributed by atoms with van der Waals surface area (Å²) in [6, 6.07) is 7.47. The third-order valence-corrected chi connectivity index (χ3v) is 2.83. The number of aryl methyl sites for hydroxylation is 2. The summed E-state index contributed by atoms with van der Waals surface area (Å²) in [5.74, 6) is -0.145. The summed E-state index contributed by atoms with van der Waals surface area (Å²) >= 11 is 3.36. The standard InChI is InChI=1S/C12H12BrN3O/c1-8-11(7-16(2)15-8)12(17)14-10-5-3-4-9(13)6-10/h3-7H,1-2H3,(H,14,17). The van der Waals surface area contributed by atoms with Gasteiger partial charge in [0.25, 0.3) is 5.91 Å². The Labute approximate surface area is 108 Å². The SMILES string of the molecule is Cc1nn(C)cc1C(=O)Nc1cccc(Br)c1. The van der Waals surface area contributed by atoms with Crippen LogP contribution >= 0.6 is 15.9 Å².